The average Bonchev–Trinajstić information content (AvgIpc) is 3.72. The first-order valence-electron chi connectivity index (χ1n) is 17.0. The molecule has 2 aliphatic heterocycles. The van der Waals surface area contributed by atoms with Gasteiger partial charge in [0.1, 0.15) is 13.2 Å². The molecule has 3 heterocycles. The third-order valence-electron chi connectivity index (χ3n) is 8.87. The number of hydrogen-bond acceptors (Lipinski definition) is 6. The maximum Gasteiger partial charge on any atom is 0.216 e. The average molecular weight is 655 g/mol. The molecular weight excluding hydrogens is 617 g/mol. The highest BCUT2D eigenvalue weighted by molar-refractivity contribution is 5.97. The van der Waals surface area contributed by atoms with Crippen LogP contribution in [0.3, 0.4) is 0 Å². The van der Waals surface area contributed by atoms with E-state index in [9.17, 15) is 0 Å². The largest absolute Gasteiger partial charge is 0.475 e. The lowest BCUT2D eigenvalue weighted by Gasteiger charge is -2.14. The highest BCUT2D eigenvalue weighted by Crippen LogP contribution is 2.35. The number of aliphatic imine (C=N–C) groups is 2. The van der Waals surface area contributed by atoms with Gasteiger partial charge in [-0.15, -0.1) is 0 Å². The Morgan fingerprint density at radius 2 is 0.800 bits per heavy atom. The van der Waals surface area contributed by atoms with E-state index in [-0.39, 0.29) is 11.1 Å². The Labute approximate surface area is 293 Å². The topological polar surface area (TPSA) is 69.0 Å². The summed E-state index contributed by atoms with van der Waals surface area (Å²) in [6, 6.07) is 46.1. The van der Waals surface area contributed by atoms with Gasteiger partial charge in [0.15, 0.2) is 5.82 Å². The highest BCUT2D eigenvalue weighted by atomic mass is 16.5. The Morgan fingerprint density at radius 1 is 0.400 bits per heavy atom. The zero-order chi connectivity index (χ0) is 34.3. The first-order valence-corrected chi connectivity index (χ1v) is 17.0. The molecule has 0 atom stereocenters. The fraction of sp³-hybridized carbons (Fsp3) is 0.182. The lowest BCUT2D eigenvalue weighted by atomic mass is 9.94. The number of ether oxygens (including phenoxy) is 2. The highest BCUT2D eigenvalue weighted by Gasteiger charge is 2.28. The van der Waals surface area contributed by atoms with Crippen molar-refractivity contribution in [3.8, 4) is 56.2 Å². The summed E-state index contributed by atoms with van der Waals surface area (Å²) < 4.78 is 12.0. The molecule has 0 saturated heterocycles. The summed E-state index contributed by atoms with van der Waals surface area (Å²) in [6.45, 7) is 9.42. The molecule has 8 rings (SSSR count). The molecule has 0 N–H and O–H groups in total. The van der Waals surface area contributed by atoms with Crippen LogP contribution >= 0.6 is 0 Å². The summed E-state index contributed by atoms with van der Waals surface area (Å²) in [4.78, 5) is 20.1. The number of hydrogen-bond donors (Lipinski definition) is 0. The first kappa shape index (κ1) is 31.4. The normalized spacial score (nSPS) is 15.9. The summed E-state index contributed by atoms with van der Waals surface area (Å²) in [6.07, 6.45) is 0. The van der Waals surface area contributed by atoms with Gasteiger partial charge in [-0.3, -0.25) is 0 Å². The van der Waals surface area contributed by atoms with Gasteiger partial charge in [-0.25, -0.2) is 20.0 Å². The van der Waals surface area contributed by atoms with E-state index in [1.165, 1.54) is 0 Å². The Balaban J connectivity index is 1.31. The van der Waals surface area contributed by atoms with Gasteiger partial charge in [0.25, 0.3) is 0 Å². The molecule has 6 nitrogen and oxygen atoms in total. The van der Waals surface area contributed by atoms with Crippen molar-refractivity contribution < 1.29 is 9.47 Å². The molecule has 0 spiro atoms. The molecule has 0 saturated carbocycles. The van der Waals surface area contributed by atoms with Crippen LogP contribution < -0.4 is 0 Å². The van der Waals surface area contributed by atoms with Gasteiger partial charge < -0.3 is 9.47 Å². The van der Waals surface area contributed by atoms with Gasteiger partial charge in [0.05, 0.1) is 22.5 Å². The monoisotopic (exact) mass is 654 g/mol. The van der Waals surface area contributed by atoms with Crippen LogP contribution in [-0.4, -0.2) is 46.1 Å². The van der Waals surface area contributed by atoms with E-state index in [0.717, 1.165) is 61.5 Å². The molecule has 0 aliphatic carbocycles. The van der Waals surface area contributed by atoms with E-state index < -0.39 is 0 Å². The summed E-state index contributed by atoms with van der Waals surface area (Å²) in [7, 11) is 0. The van der Waals surface area contributed by atoms with Crippen LogP contribution in [0.15, 0.2) is 143 Å². The van der Waals surface area contributed by atoms with E-state index in [1.54, 1.807) is 0 Å². The maximum absolute atomic E-state index is 6.01. The predicted molar refractivity (Wildman–Crippen MR) is 202 cm³/mol. The summed E-state index contributed by atoms with van der Waals surface area (Å²) in [5.74, 6) is 1.91. The molecule has 0 unspecified atom stereocenters. The summed E-state index contributed by atoms with van der Waals surface area (Å²) in [5, 5.41) is 0. The second-order valence-corrected chi connectivity index (χ2v) is 14.2. The maximum atomic E-state index is 6.01. The number of aromatic nitrogens is 2. The Morgan fingerprint density at radius 3 is 1.30 bits per heavy atom. The lowest BCUT2D eigenvalue weighted by molar-refractivity contribution is 0.279. The van der Waals surface area contributed by atoms with E-state index >= 15 is 0 Å². The van der Waals surface area contributed by atoms with Gasteiger partial charge in [0.2, 0.25) is 11.8 Å². The van der Waals surface area contributed by atoms with Crippen LogP contribution in [0.25, 0.3) is 56.2 Å². The molecule has 246 valence electrons. The van der Waals surface area contributed by atoms with Gasteiger partial charge in [-0.1, -0.05) is 84.9 Å². The summed E-state index contributed by atoms with van der Waals surface area (Å²) >= 11 is 0. The molecule has 0 fully saturated rings. The van der Waals surface area contributed by atoms with Crippen molar-refractivity contribution in [1.82, 2.24) is 9.97 Å². The SMILES string of the molecule is CC1(C)COC(c2cccc(-c3cc(-c4cc(-c5ccccc5)cc(-c5ccccc5)c4)nc(-c4cccc(C5=NC(C)(C)CO5)c4)n3)c2)=N1. The van der Waals surface area contributed by atoms with Crippen molar-refractivity contribution in [2.45, 2.75) is 38.8 Å². The van der Waals surface area contributed by atoms with Crippen molar-refractivity contribution in [2.75, 3.05) is 13.2 Å². The van der Waals surface area contributed by atoms with Crippen LogP contribution in [0.5, 0.6) is 0 Å². The minimum absolute atomic E-state index is 0.256. The van der Waals surface area contributed by atoms with E-state index in [4.69, 9.17) is 29.4 Å². The molecule has 1 aromatic heterocycles. The van der Waals surface area contributed by atoms with Crippen molar-refractivity contribution in [1.29, 1.82) is 0 Å². The van der Waals surface area contributed by atoms with Crippen LogP contribution in [0.4, 0.5) is 0 Å². The Hall–Kier alpha value is -5.88. The van der Waals surface area contributed by atoms with E-state index in [1.807, 2.05) is 42.5 Å². The molecule has 0 bridgehead atoms. The second-order valence-electron chi connectivity index (χ2n) is 14.2. The number of rotatable bonds is 7. The van der Waals surface area contributed by atoms with Crippen LogP contribution in [0.1, 0.15) is 38.8 Å². The molecule has 0 radical (unpaired) electrons. The standard InChI is InChI=1S/C44H38N4O2/c1-43(2)27-49-41(47-43)33-19-11-17-31(21-33)38-26-39(46-40(45-38)32-18-12-20-34(22-32)42-48-44(3,4)28-50-42)37-24-35(29-13-7-5-8-14-29)23-36(25-37)30-15-9-6-10-16-30/h5-26H,27-28H2,1-4H3. The van der Waals surface area contributed by atoms with Gasteiger partial charge >= 0.3 is 0 Å². The Bertz CT molecular complexity index is 2120. The zero-order valence-corrected chi connectivity index (χ0v) is 28.7. The second kappa shape index (κ2) is 12.5. The molecule has 5 aromatic carbocycles. The zero-order valence-electron chi connectivity index (χ0n) is 28.7. The van der Waals surface area contributed by atoms with Crippen LogP contribution in [0, 0.1) is 0 Å². The first-order chi connectivity index (χ1) is 24.2. The number of benzene rings is 5. The van der Waals surface area contributed by atoms with E-state index in [2.05, 4.69) is 119 Å². The third kappa shape index (κ3) is 6.57. The van der Waals surface area contributed by atoms with Gasteiger partial charge in [0, 0.05) is 27.8 Å². The van der Waals surface area contributed by atoms with Crippen molar-refractivity contribution in [3.63, 3.8) is 0 Å². The van der Waals surface area contributed by atoms with Gasteiger partial charge in [-0.05, 0) is 98.5 Å². The molecule has 6 heteroatoms. The molecular formula is C44H38N4O2. The van der Waals surface area contributed by atoms with Crippen molar-refractivity contribution in [2.24, 2.45) is 9.98 Å². The molecule has 6 aromatic rings. The minimum atomic E-state index is -0.261. The van der Waals surface area contributed by atoms with E-state index in [0.29, 0.717) is 30.8 Å². The molecule has 0 amide bonds. The quantitative estimate of drug-likeness (QED) is 0.172. The fourth-order valence-corrected chi connectivity index (χ4v) is 6.31. The molecule has 50 heavy (non-hydrogen) atoms. The smallest absolute Gasteiger partial charge is 0.216 e. The van der Waals surface area contributed by atoms with Crippen molar-refractivity contribution in [3.05, 3.63) is 145 Å². The Kier molecular flexibility index (Phi) is 7.87. The fourth-order valence-electron chi connectivity index (χ4n) is 6.31. The summed E-state index contributed by atoms with van der Waals surface area (Å²) in [5.41, 5.74) is 10.3. The number of nitrogens with zero attached hydrogens (tertiary/aromatic N) is 4. The van der Waals surface area contributed by atoms with Crippen LogP contribution in [-0.2, 0) is 9.47 Å². The predicted octanol–water partition coefficient (Wildman–Crippen LogP) is 9.92. The van der Waals surface area contributed by atoms with Crippen LogP contribution in [0.2, 0.25) is 0 Å². The minimum Gasteiger partial charge on any atom is -0.475 e. The van der Waals surface area contributed by atoms with Crippen molar-refractivity contribution >= 4 is 11.8 Å². The molecule has 2 aliphatic rings. The third-order valence-corrected chi connectivity index (χ3v) is 8.87. The lowest BCUT2D eigenvalue weighted by Crippen LogP contribution is -2.17. The van der Waals surface area contributed by atoms with Gasteiger partial charge in [-0.2, -0.15) is 0 Å².